The first-order valence-electron chi connectivity index (χ1n) is 9.11. The monoisotopic (exact) mass is 382 g/mol. The van der Waals surface area contributed by atoms with Gasteiger partial charge >= 0.3 is 0 Å². The fraction of sp³-hybridized carbons (Fsp3) is 0.368. The Morgan fingerprint density at radius 2 is 1.93 bits per heavy atom. The van der Waals surface area contributed by atoms with Crippen LogP contribution >= 0.6 is 11.5 Å². The molecule has 27 heavy (non-hydrogen) atoms. The van der Waals surface area contributed by atoms with E-state index in [4.69, 9.17) is 0 Å². The quantitative estimate of drug-likeness (QED) is 0.677. The number of amides is 1. The maximum absolute atomic E-state index is 12.6. The number of nitrogens with zero attached hydrogens (tertiary/aromatic N) is 6. The summed E-state index contributed by atoms with van der Waals surface area (Å²) in [6.45, 7) is 5.00. The van der Waals surface area contributed by atoms with Crippen molar-refractivity contribution in [2.75, 3.05) is 31.1 Å². The van der Waals surface area contributed by atoms with Gasteiger partial charge < -0.3 is 9.80 Å². The van der Waals surface area contributed by atoms with Crippen molar-refractivity contribution in [1.82, 2.24) is 24.0 Å². The Kier molecular flexibility index (Phi) is 5.15. The molecule has 0 N–H and O–H groups in total. The van der Waals surface area contributed by atoms with Gasteiger partial charge in [0, 0.05) is 50.3 Å². The van der Waals surface area contributed by atoms with Gasteiger partial charge in [0.15, 0.2) is 0 Å². The molecule has 1 saturated heterocycles. The van der Waals surface area contributed by atoms with Crippen molar-refractivity contribution in [2.24, 2.45) is 0 Å². The molecule has 0 atom stereocenters. The van der Waals surface area contributed by atoms with Crippen molar-refractivity contribution < 1.29 is 4.79 Å². The van der Waals surface area contributed by atoms with Crippen molar-refractivity contribution in [3.05, 3.63) is 54.1 Å². The summed E-state index contributed by atoms with van der Waals surface area (Å²) < 4.78 is 6.08. The Labute approximate surface area is 162 Å². The van der Waals surface area contributed by atoms with Crippen molar-refractivity contribution in [2.45, 2.75) is 19.8 Å². The van der Waals surface area contributed by atoms with Crippen molar-refractivity contribution in [3.8, 4) is 5.69 Å². The van der Waals surface area contributed by atoms with Gasteiger partial charge in [-0.15, -0.1) is 0 Å². The van der Waals surface area contributed by atoms with Crippen LogP contribution in [0.1, 0.15) is 17.8 Å². The molecule has 0 saturated carbocycles. The highest BCUT2D eigenvalue weighted by Gasteiger charge is 2.22. The first-order valence-corrected chi connectivity index (χ1v) is 9.88. The summed E-state index contributed by atoms with van der Waals surface area (Å²) in [5.41, 5.74) is 2.10. The van der Waals surface area contributed by atoms with E-state index in [1.165, 1.54) is 11.5 Å². The highest BCUT2D eigenvalue weighted by Crippen LogP contribution is 2.19. The summed E-state index contributed by atoms with van der Waals surface area (Å²) in [5.74, 6) is 1.01. The van der Waals surface area contributed by atoms with Gasteiger partial charge in [0.1, 0.15) is 5.82 Å². The molecular formula is C19H22N6OS. The summed E-state index contributed by atoms with van der Waals surface area (Å²) >= 11 is 1.43. The van der Waals surface area contributed by atoms with E-state index in [0.29, 0.717) is 12.8 Å². The lowest BCUT2D eigenvalue weighted by Gasteiger charge is -2.34. The highest BCUT2D eigenvalue weighted by atomic mass is 32.1. The number of hydrogen-bond acceptors (Lipinski definition) is 6. The molecule has 0 unspecified atom stereocenters. The fourth-order valence-electron chi connectivity index (χ4n) is 3.18. The second-order valence-corrected chi connectivity index (χ2v) is 7.35. The Hall–Kier alpha value is -2.74. The summed E-state index contributed by atoms with van der Waals surface area (Å²) in [6, 6.07) is 9.99. The van der Waals surface area contributed by atoms with Gasteiger partial charge in [0.25, 0.3) is 0 Å². The molecular weight excluding hydrogens is 360 g/mol. The Bertz CT molecular complexity index is 898. The molecule has 4 rings (SSSR count). The number of benzene rings is 1. The third-order valence-corrected chi connectivity index (χ3v) is 5.57. The van der Waals surface area contributed by atoms with E-state index >= 15 is 0 Å². The number of hydrogen-bond donors (Lipinski definition) is 0. The van der Waals surface area contributed by atoms with Gasteiger partial charge in [-0.3, -0.25) is 4.79 Å². The van der Waals surface area contributed by atoms with Crippen LogP contribution in [-0.2, 0) is 11.2 Å². The van der Waals surface area contributed by atoms with Crippen LogP contribution < -0.4 is 4.90 Å². The van der Waals surface area contributed by atoms with Gasteiger partial charge in [-0.1, -0.05) is 18.2 Å². The standard InChI is InChI=1S/C19H22N6OS/c1-15-21-19(27-22-15)24-11-9-23(10-12-24)18(26)8-7-16-13-20-25(14-16)17-5-3-2-4-6-17/h2-6,13-14H,7-12H2,1H3. The van der Waals surface area contributed by atoms with E-state index in [0.717, 1.165) is 48.4 Å². The average Bonchev–Trinajstić information content (AvgIpc) is 3.36. The van der Waals surface area contributed by atoms with E-state index in [1.54, 1.807) is 0 Å². The first kappa shape index (κ1) is 17.7. The van der Waals surface area contributed by atoms with Gasteiger partial charge in [-0.05, 0) is 31.0 Å². The molecule has 1 fully saturated rings. The van der Waals surface area contributed by atoms with Crippen LogP contribution in [0.25, 0.3) is 5.69 Å². The van der Waals surface area contributed by atoms with Crippen LogP contribution in [0.2, 0.25) is 0 Å². The Morgan fingerprint density at radius 1 is 1.15 bits per heavy atom. The lowest BCUT2D eigenvalue weighted by atomic mass is 10.1. The van der Waals surface area contributed by atoms with Crippen LogP contribution in [0.15, 0.2) is 42.7 Å². The van der Waals surface area contributed by atoms with Crippen molar-refractivity contribution >= 4 is 22.6 Å². The number of piperazine rings is 1. The zero-order valence-electron chi connectivity index (χ0n) is 15.3. The van der Waals surface area contributed by atoms with Gasteiger partial charge in [0.2, 0.25) is 11.0 Å². The number of anilines is 1. The third-order valence-electron chi connectivity index (χ3n) is 4.70. The van der Waals surface area contributed by atoms with Crippen LogP contribution in [-0.4, -0.2) is 56.1 Å². The van der Waals surface area contributed by atoms with Gasteiger partial charge in [-0.2, -0.15) is 9.47 Å². The summed E-state index contributed by atoms with van der Waals surface area (Å²) in [5, 5.41) is 5.35. The normalized spacial score (nSPS) is 14.6. The number of para-hydroxylation sites is 1. The second-order valence-electron chi connectivity index (χ2n) is 6.62. The van der Waals surface area contributed by atoms with E-state index in [-0.39, 0.29) is 5.91 Å². The van der Waals surface area contributed by atoms with E-state index in [1.807, 2.05) is 59.2 Å². The van der Waals surface area contributed by atoms with Crippen LogP contribution in [0.4, 0.5) is 5.13 Å². The van der Waals surface area contributed by atoms with Crippen LogP contribution in [0.3, 0.4) is 0 Å². The summed E-state index contributed by atoms with van der Waals surface area (Å²) in [6.07, 6.45) is 5.06. The molecule has 3 heterocycles. The Balaban J connectivity index is 1.27. The number of carbonyl (C=O) groups excluding carboxylic acids is 1. The van der Waals surface area contributed by atoms with E-state index in [2.05, 4.69) is 19.4 Å². The number of aryl methyl sites for hydroxylation is 2. The summed E-state index contributed by atoms with van der Waals surface area (Å²) in [4.78, 5) is 21.1. The molecule has 2 aromatic heterocycles. The first-order chi connectivity index (χ1) is 13.2. The Morgan fingerprint density at radius 3 is 2.63 bits per heavy atom. The zero-order chi connectivity index (χ0) is 18.6. The van der Waals surface area contributed by atoms with Crippen molar-refractivity contribution in [1.29, 1.82) is 0 Å². The lowest BCUT2D eigenvalue weighted by molar-refractivity contribution is -0.131. The largest absolute Gasteiger partial charge is 0.343 e. The lowest BCUT2D eigenvalue weighted by Crippen LogP contribution is -2.48. The van der Waals surface area contributed by atoms with Gasteiger partial charge in [-0.25, -0.2) is 9.67 Å². The van der Waals surface area contributed by atoms with Crippen molar-refractivity contribution in [3.63, 3.8) is 0 Å². The maximum Gasteiger partial charge on any atom is 0.223 e. The number of rotatable bonds is 5. The molecule has 1 aromatic carbocycles. The topological polar surface area (TPSA) is 67.2 Å². The molecule has 1 amide bonds. The second kappa shape index (κ2) is 7.87. The van der Waals surface area contributed by atoms with Gasteiger partial charge in [0.05, 0.1) is 11.9 Å². The molecule has 7 nitrogen and oxygen atoms in total. The molecule has 140 valence electrons. The molecule has 1 aliphatic heterocycles. The SMILES string of the molecule is Cc1nsc(N2CCN(C(=O)CCc3cnn(-c4ccccc4)c3)CC2)n1. The number of carbonyl (C=O) groups is 1. The van der Waals surface area contributed by atoms with Crippen LogP contribution in [0.5, 0.6) is 0 Å². The van der Waals surface area contributed by atoms with Crippen LogP contribution in [0, 0.1) is 6.92 Å². The molecule has 0 spiro atoms. The highest BCUT2D eigenvalue weighted by molar-refractivity contribution is 7.09. The minimum absolute atomic E-state index is 0.204. The predicted octanol–water partition coefficient (Wildman–Crippen LogP) is 2.31. The maximum atomic E-state index is 12.6. The fourth-order valence-corrected chi connectivity index (χ4v) is 3.91. The minimum atomic E-state index is 0.204. The number of aromatic nitrogens is 4. The predicted molar refractivity (Wildman–Crippen MR) is 105 cm³/mol. The average molecular weight is 382 g/mol. The third kappa shape index (κ3) is 4.16. The molecule has 1 aliphatic rings. The summed E-state index contributed by atoms with van der Waals surface area (Å²) in [7, 11) is 0. The molecule has 0 bridgehead atoms. The minimum Gasteiger partial charge on any atom is -0.343 e. The van der Waals surface area contributed by atoms with E-state index < -0.39 is 0 Å². The smallest absolute Gasteiger partial charge is 0.223 e. The molecule has 0 radical (unpaired) electrons. The van der Waals surface area contributed by atoms with E-state index in [9.17, 15) is 4.79 Å². The molecule has 8 heteroatoms. The molecule has 0 aliphatic carbocycles. The molecule has 3 aromatic rings. The zero-order valence-corrected chi connectivity index (χ0v) is 16.1.